The van der Waals surface area contributed by atoms with Crippen LogP contribution >= 0.6 is 15.9 Å². The van der Waals surface area contributed by atoms with Crippen LogP contribution in [0.15, 0.2) is 40.9 Å². The van der Waals surface area contributed by atoms with Crippen molar-refractivity contribution in [1.82, 2.24) is 0 Å². The predicted octanol–water partition coefficient (Wildman–Crippen LogP) is 4.61. The van der Waals surface area contributed by atoms with Crippen molar-refractivity contribution in [3.05, 3.63) is 58.1 Å². The summed E-state index contributed by atoms with van der Waals surface area (Å²) in [6.45, 7) is 1.72. The van der Waals surface area contributed by atoms with E-state index in [1.807, 2.05) is 0 Å². The second kappa shape index (κ2) is 5.57. The fraction of sp³-hybridized carbons (Fsp3) is 0.143. The van der Waals surface area contributed by atoms with Gasteiger partial charge in [0.05, 0.1) is 6.04 Å². The first-order valence-corrected chi connectivity index (χ1v) is 6.47. The van der Waals surface area contributed by atoms with Gasteiger partial charge in [0.2, 0.25) is 0 Å². The lowest BCUT2D eigenvalue weighted by atomic mass is 10.1. The van der Waals surface area contributed by atoms with E-state index in [1.165, 1.54) is 18.2 Å². The van der Waals surface area contributed by atoms with E-state index in [0.717, 1.165) is 0 Å². The molecule has 0 heterocycles. The van der Waals surface area contributed by atoms with Crippen molar-refractivity contribution in [2.24, 2.45) is 0 Å². The molecule has 0 saturated carbocycles. The number of benzene rings is 2. The van der Waals surface area contributed by atoms with E-state index < -0.39 is 17.7 Å². The van der Waals surface area contributed by atoms with Crippen molar-refractivity contribution in [3.63, 3.8) is 0 Å². The minimum atomic E-state index is -0.686. The minimum Gasteiger partial charge on any atom is -0.508 e. The normalized spacial score (nSPS) is 12.2. The summed E-state index contributed by atoms with van der Waals surface area (Å²) in [4.78, 5) is 0. The van der Waals surface area contributed by atoms with Gasteiger partial charge in [0, 0.05) is 10.0 Å². The molecule has 0 aromatic heterocycles. The summed E-state index contributed by atoms with van der Waals surface area (Å²) in [6, 6.07) is 8.61. The zero-order valence-corrected chi connectivity index (χ0v) is 11.7. The Kier molecular flexibility index (Phi) is 4.04. The van der Waals surface area contributed by atoms with Crippen LogP contribution in [-0.2, 0) is 0 Å². The lowest BCUT2D eigenvalue weighted by molar-refractivity contribution is 0.465. The van der Waals surface area contributed by atoms with Crippen LogP contribution < -0.4 is 5.32 Å². The van der Waals surface area contributed by atoms with Gasteiger partial charge in [-0.1, -0.05) is 34.1 Å². The van der Waals surface area contributed by atoms with E-state index in [9.17, 15) is 13.9 Å². The van der Waals surface area contributed by atoms with Crippen molar-refractivity contribution in [1.29, 1.82) is 0 Å². The van der Waals surface area contributed by atoms with E-state index in [-0.39, 0.29) is 11.4 Å². The number of rotatable bonds is 3. The average molecular weight is 328 g/mol. The molecule has 100 valence electrons. The van der Waals surface area contributed by atoms with Gasteiger partial charge in [-0.3, -0.25) is 0 Å². The molecule has 0 aliphatic heterocycles. The highest BCUT2D eigenvalue weighted by atomic mass is 79.9. The van der Waals surface area contributed by atoms with Crippen LogP contribution in [0.3, 0.4) is 0 Å². The molecule has 2 aromatic rings. The number of para-hydroxylation sites is 1. The monoisotopic (exact) mass is 327 g/mol. The third-order valence-electron chi connectivity index (χ3n) is 2.77. The van der Waals surface area contributed by atoms with Gasteiger partial charge in [0.25, 0.3) is 0 Å². The first-order chi connectivity index (χ1) is 8.99. The molecule has 1 unspecified atom stereocenters. The number of phenols is 1. The van der Waals surface area contributed by atoms with Crippen LogP contribution in [0.4, 0.5) is 14.5 Å². The molecular formula is C14H12BrF2NO. The van der Waals surface area contributed by atoms with Gasteiger partial charge in [-0.05, 0) is 25.1 Å². The Labute approximate surface area is 118 Å². The van der Waals surface area contributed by atoms with Crippen LogP contribution in [0.2, 0.25) is 0 Å². The Balaban J connectivity index is 2.29. The Morgan fingerprint density at radius 1 is 1.16 bits per heavy atom. The van der Waals surface area contributed by atoms with Crippen molar-refractivity contribution >= 4 is 21.6 Å². The first-order valence-electron chi connectivity index (χ1n) is 5.68. The molecule has 0 aliphatic rings. The van der Waals surface area contributed by atoms with Gasteiger partial charge in [-0.2, -0.15) is 0 Å². The summed E-state index contributed by atoms with van der Waals surface area (Å²) in [7, 11) is 0. The van der Waals surface area contributed by atoms with Crippen molar-refractivity contribution in [2.45, 2.75) is 13.0 Å². The molecule has 0 bridgehead atoms. The summed E-state index contributed by atoms with van der Waals surface area (Å²) in [6.07, 6.45) is 0. The molecule has 1 atom stereocenters. The van der Waals surface area contributed by atoms with Gasteiger partial charge >= 0.3 is 0 Å². The van der Waals surface area contributed by atoms with Gasteiger partial charge in [0.1, 0.15) is 23.1 Å². The fourth-order valence-corrected chi connectivity index (χ4v) is 2.23. The van der Waals surface area contributed by atoms with Crippen molar-refractivity contribution in [2.75, 3.05) is 5.32 Å². The van der Waals surface area contributed by atoms with Gasteiger partial charge in [-0.15, -0.1) is 0 Å². The quantitative estimate of drug-likeness (QED) is 0.863. The summed E-state index contributed by atoms with van der Waals surface area (Å²) < 4.78 is 27.7. The minimum absolute atomic E-state index is 0.0837. The number of hydrogen-bond acceptors (Lipinski definition) is 2. The van der Waals surface area contributed by atoms with Crippen LogP contribution in [-0.4, -0.2) is 5.11 Å². The molecule has 0 radical (unpaired) electrons. The van der Waals surface area contributed by atoms with E-state index in [0.29, 0.717) is 10.0 Å². The van der Waals surface area contributed by atoms with Crippen molar-refractivity contribution in [3.8, 4) is 5.75 Å². The second-order valence-electron chi connectivity index (χ2n) is 4.17. The van der Waals surface area contributed by atoms with Gasteiger partial charge in [-0.25, -0.2) is 8.78 Å². The van der Waals surface area contributed by atoms with Crippen molar-refractivity contribution < 1.29 is 13.9 Å². The molecule has 2 aromatic carbocycles. The Hall–Kier alpha value is -1.62. The van der Waals surface area contributed by atoms with Crippen LogP contribution in [0.25, 0.3) is 0 Å². The highest BCUT2D eigenvalue weighted by molar-refractivity contribution is 9.10. The maximum atomic E-state index is 13.7. The van der Waals surface area contributed by atoms with E-state index in [4.69, 9.17) is 0 Å². The zero-order valence-electron chi connectivity index (χ0n) is 10.1. The number of anilines is 1. The molecular weight excluding hydrogens is 316 g/mol. The maximum absolute atomic E-state index is 13.7. The number of aromatic hydroxyl groups is 1. The zero-order chi connectivity index (χ0) is 14.0. The lowest BCUT2D eigenvalue weighted by Gasteiger charge is -2.18. The Morgan fingerprint density at radius 3 is 2.32 bits per heavy atom. The Morgan fingerprint density at radius 2 is 1.74 bits per heavy atom. The fourth-order valence-electron chi connectivity index (χ4n) is 1.83. The van der Waals surface area contributed by atoms with E-state index >= 15 is 0 Å². The topological polar surface area (TPSA) is 32.3 Å². The molecule has 0 aliphatic carbocycles. The number of halogens is 3. The summed E-state index contributed by atoms with van der Waals surface area (Å²) in [5, 5.41) is 12.4. The molecule has 5 heteroatoms. The number of hydrogen-bond donors (Lipinski definition) is 2. The van der Waals surface area contributed by atoms with Crippen LogP contribution in [0, 0.1) is 11.6 Å². The highest BCUT2D eigenvalue weighted by Gasteiger charge is 2.15. The summed E-state index contributed by atoms with van der Waals surface area (Å²) >= 11 is 3.02. The molecule has 0 saturated heterocycles. The predicted molar refractivity (Wildman–Crippen MR) is 74.2 cm³/mol. The first kappa shape index (κ1) is 13.8. The molecule has 0 amide bonds. The smallest absolute Gasteiger partial charge is 0.150 e. The van der Waals surface area contributed by atoms with Crippen LogP contribution in [0.1, 0.15) is 18.5 Å². The van der Waals surface area contributed by atoms with Crippen LogP contribution in [0.5, 0.6) is 5.75 Å². The molecule has 2 nitrogen and oxygen atoms in total. The summed E-state index contributed by atoms with van der Waals surface area (Å²) in [5.74, 6) is -1.29. The highest BCUT2D eigenvalue weighted by Crippen LogP contribution is 2.30. The molecule has 2 rings (SSSR count). The molecule has 2 N–H and O–H groups in total. The van der Waals surface area contributed by atoms with Gasteiger partial charge < -0.3 is 10.4 Å². The maximum Gasteiger partial charge on any atom is 0.150 e. The lowest BCUT2D eigenvalue weighted by Crippen LogP contribution is -2.09. The van der Waals surface area contributed by atoms with E-state index in [1.54, 1.807) is 25.1 Å². The Bertz CT molecular complexity index is 581. The van der Waals surface area contributed by atoms with E-state index in [2.05, 4.69) is 21.2 Å². The largest absolute Gasteiger partial charge is 0.508 e. The number of nitrogens with one attached hydrogen (secondary N) is 1. The standard InChI is InChI=1S/C14H12BrF2NO/c1-8(10-4-2-3-5-13(10)19)18-14-11(16)6-9(15)7-12(14)17/h2-8,18-19H,1H3. The molecule has 19 heavy (non-hydrogen) atoms. The molecule has 0 spiro atoms. The third-order valence-corrected chi connectivity index (χ3v) is 3.23. The molecule has 0 fully saturated rings. The summed E-state index contributed by atoms with van der Waals surface area (Å²) in [5.41, 5.74) is 0.364. The van der Waals surface area contributed by atoms with Gasteiger partial charge in [0.15, 0.2) is 0 Å². The third kappa shape index (κ3) is 3.04. The average Bonchev–Trinajstić information content (AvgIpc) is 2.34. The SMILES string of the molecule is CC(Nc1c(F)cc(Br)cc1F)c1ccccc1O. The second-order valence-corrected chi connectivity index (χ2v) is 5.08. The number of phenolic OH excluding ortho intramolecular Hbond substituents is 1.